The third kappa shape index (κ3) is 3.55. The van der Waals surface area contributed by atoms with Crippen molar-refractivity contribution < 1.29 is 18.5 Å². The summed E-state index contributed by atoms with van der Waals surface area (Å²) in [4.78, 5) is 12.8. The molecule has 0 saturated carbocycles. The molecule has 0 fully saturated rings. The van der Waals surface area contributed by atoms with Crippen molar-refractivity contribution in [3.8, 4) is 5.75 Å². The smallest absolute Gasteiger partial charge is 0.409 e. The summed E-state index contributed by atoms with van der Waals surface area (Å²) in [6.07, 6.45) is 0. The fourth-order valence-corrected chi connectivity index (χ4v) is 3.06. The number of benzene rings is 3. The second-order valence-electron chi connectivity index (χ2n) is 6.17. The SMILES string of the molecule is O=C(Oc1ccccc1F)c1ccc2ccccc2[n+]1Cc1ccccc1. The number of para-hydroxylation sites is 2. The van der Waals surface area contributed by atoms with Crippen molar-refractivity contribution in [2.75, 3.05) is 0 Å². The highest BCUT2D eigenvalue weighted by Gasteiger charge is 2.25. The predicted octanol–water partition coefficient (Wildman–Crippen LogP) is 4.53. The number of pyridine rings is 1. The van der Waals surface area contributed by atoms with E-state index in [-0.39, 0.29) is 5.75 Å². The summed E-state index contributed by atoms with van der Waals surface area (Å²) < 4.78 is 21.1. The van der Waals surface area contributed by atoms with Crippen LogP contribution in [0.15, 0.2) is 91.0 Å². The minimum Gasteiger partial charge on any atom is -0.415 e. The molecule has 0 unspecified atom stereocenters. The highest BCUT2D eigenvalue weighted by Crippen LogP contribution is 2.18. The average Bonchev–Trinajstić information content (AvgIpc) is 2.71. The predicted molar refractivity (Wildman–Crippen MR) is 101 cm³/mol. The minimum atomic E-state index is -0.596. The van der Waals surface area contributed by atoms with E-state index in [4.69, 9.17) is 4.74 Å². The summed E-state index contributed by atoms with van der Waals surface area (Å²) in [6, 6.07) is 27.2. The van der Waals surface area contributed by atoms with Crippen LogP contribution in [0, 0.1) is 5.82 Å². The lowest BCUT2D eigenvalue weighted by molar-refractivity contribution is -0.664. The quantitative estimate of drug-likeness (QED) is 0.305. The van der Waals surface area contributed by atoms with Gasteiger partial charge >= 0.3 is 5.97 Å². The van der Waals surface area contributed by atoms with Gasteiger partial charge in [0.05, 0.1) is 0 Å². The van der Waals surface area contributed by atoms with Crippen LogP contribution in [0.5, 0.6) is 5.75 Å². The molecule has 0 aliphatic rings. The lowest BCUT2D eigenvalue weighted by Crippen LogP contribution is -2.43. The number of aromatic nitrogens is 1. The molecule has 0 atom stereocenters. The van der Waals surface area contributed by atoms with E-state index < -0.39 is 11.8 Å². The Morgan fingerprint density at radius 1 is 0.815 bits per heavy atom. The molecule has 4 heteroatoms. The monoisotopic (exact) mass is 358 g/mol. The maximum absolute atomic E-state index is 13.9. The highest BCUT2D eigenvalue weighted by atomic mass is 19.1. The number of esters is 1. The van der Waals surface area contributed by atoms with Crippen molar-refractivity contribution in [1.82, 2.24) is 0 Å². The number of fused-ring (bicyclic) bond motifs is 1. The summed E-state index contributed by atoms with van der Waals surface area (Å²) in [6.45, 7) is 0.504. The summed E-state index contributed by atoms with van der Waals surface area (Å²) in [5.41, 5.74) is 2.32. The molecule has 4 rings (SSSR count). The summed E-state index contributed by atoms with van der Waals surface area (Å²) in [5, 5.41) is 1.01. The maximum atomic E-state index is 13.9. The molecule has 27 heavy (non-hydrogen) atoms. The fraction of sp³-hybridized carbons (Fsp3) is 0.0435. The van der Waals surface area contributed by atoms with Crippen molar-refractivity contribution in [1.29, 1.82) is 0 Å². The molecule has 4 aromatic rings. The van der Waals surface area contributed by atoms with Gasteiger partial charge in [-0.15, -0.1) is 0 Å². The van der Waals surface area contributed by atoms with E-state index in [0.29, 0.717) is 12.2 Å². The van der Waals surface area contributed by atoms with E-state index in [0.717, 1.165) is 16.5 Å². The van der Waals surface area contributed by atoms with Crippen LogP contribution in [0.1, 0.15) is 16.1 Å². The van der Waals surface area contributed by atoms with E-state index >= 15 is 0 Å². The minimum absolute atomic E-state index is 0.0816. The molecule has 1 heterocycles. The molecule has 0 amide bonds. The Bertz CT molecular complexity index is 1110. The Balaban J connectivity index is 1.78. The van der Waals surface area contributed by atoms with E-state index in [9.17, 15) is 9.18 Å². The lowest BCUT2D eigenvalue weighted by atomic mass is 10.1. The van der Waals surface area contributed by atoms with Crippen LogP contribution in [-0.4, -0.2) is 5.97 Å². The number of carbonyl (C=O) groups excluding carboxylic acids is 1. The van der Waals surface area contributed by atoms with Crippen LogP contribution in [0.3, 0.4) is 0 Å². The van der Waals surface area contributed by atoms with E-state index in [1.165, 1.54) is 12.1 Å². The molecule has 0 N–H and O–H groups in total. The number of hydrogen-bond acceptors (Lipinski definition) is 2. The second kappa shape index (κ2) is 7.38. The van der Waals surface area contributed by atoms with Gasteiger partial charge in [-0.1, -0.05) is 54.6 Å². The summed E-state index contributed by atoms with van der Waals surface area (Å²) in [5.74, 6) is -1.25. The number of nitrogens with zero attached hydrogens (tertiary/aromatic N) is 1. The number of carbonyl (C=O) groups is 1. The molecular formula is C23H17FNO2+. The van der Waals surface area contributed by atoms with E-state index in [1.807, 2.05) is 65.2 Å². The first-order valence-electron chi connectivity index (χ1n) is 8.64. The number of ether oxygens (including phenoxy) is 1. The van der Waals surface area contributed by atoms with Crippen LogP contribution in [0.4, 0.5) is 4.39 Å². The summed E-state index contributed by atoms with van der Waals surface area (Å²) in [7, 11) is 0. The zero-order chi connectivity index (χ0) is 18.6. The lowest BCUT2D eigenvalue weighted by Gasteiger charge is -2.08. The normalized spacial score (nSPS) is 10.7. The number of rotatable bonds is 4. The Morgan fingerprint density at radius 3 is 2.33 bits per heavy atom. The van der Waals surface area contributed by atoms with Crippen molar-refractivity contribution in [2.24, 2.45) is 0 Å². The Hall–Kier alpha value is -3.53. The van der Waals surface area contributed by atoms with Gasteiger partial charge < -0.3 is 4.74 Å². The molecule has 132 valence electrons. The molecule has 0 aliphatic carbocycles. The third-order valence-electron chi connectivity index (χ3n) is 4.37. The van der Waals surface area contributed by atoms with Gasteiger partial charge in [0.25, 0.3) is 5.69 Å². The van der Waals surface area contributed by atoms with Gasteiger partial charge in [0.2, 0.25) is 5.52 Å². The largest absolute Gasteiger partial charge is 0.415 e. The van der Waals surface area contributed by atoms with Crippen molar-refractivity contribution in [2.45, 2.75) is 6.54 Å². The van der Waals surface area contributed by atoms with Crippen LogP contribution in [0.2, 0.25) is 0 Å². The Labute approximate surface area is 156 Å². The Kier molecular flexibility index (Phi) is 4.62. The molecule has 0 radical (unpaired) electrons. The first kappa shape index (κ1) is 16.9. The molecule has 1 aromatic heterocycles. The van der Waals surface area contributed by atoms with E-state index in [2.05, 4.69) is 0 Å². The molecule has 0 bridgehead atoms. The molecule has 0 spiro atoms. The first-order valence-corrected chi connectivity index (χ1v) is 8.64. The molecule has 3 aromatic carbocycles. The molecule has 0 saturated heterocycles. The van der Waals surface area contributed by atoms with Crippen LogP contribution >= 0.6 is 0 Å². The zero-order valence-electron chi connectivity index (χ0n) is 14.5. The third-order valence-corrected chi connectivity index (χ3v) is 4.37. The summed E-state index contributed by atoms with van der Waals surface area (Å²) >= 11 is 0. The molecule has 0 aliphatic heterocycles. The van der Waals surface area contributed by atoms with Crippen molar-refractivity contribution in [3.63, 3.8) is 0 Å². The highest BCUT2D eigenvalue weighted by molar-refractivity contribution is 5.89. The fourth-order valence-electron chi connectivity index (χ4n) is 3.06. The van der Waals surface area contributed by atoms with Crippen LogP contribution in [0.25, 0.3) is 10.9 Å². The second-order valence-corrected chi connectivity index (χ2v) is 6.17. The van der Waals surface area contributed by atoms with Crippen molar-refractivity contribution >= 4 is 16.9 Å². The zero-order valence-corrected chi connectivity index (χ0v) is 14.5. The molecule has 3 nitrogen and oxygen atoms in total. The van der Waals surface area contributed by atoms with Gasteiger partial charge in [0, 0.05) is 23.1 Å². The van der Waals surface area contributed by atoms with Gasteiger partial charge in [-0.2, -0.15) is 4.57 Å². The van der Waals surface area contributed by atoms with Gasteiger partial charge in [-0.3, -0.25) is 0 Å². The van der Waals surface area contributed by atoms with Gasteiger partial charge in [0.15, 0.2) is 18.1 Å². The number of hydrogen-bond donors (Lipinski definition) is 0. The van der Waals surface area contributed by atoms with Gasteiger partial charge in [0.1, 0.15) is 0 Å². The van der Waals surface area contributed by atoms with E-state index in [1.54, 1.807) is 18.2 Å². The topological polar surface area (TPSA) is 30.2 Å². The van der Waals surface area contributed by atoms with Gasteiger partial charge in [-0.25, -0.2) is 9.18 Å². The number of halogens is 1. The van der Waals surface area contributed by atoms with Gasteiger partial charge in [-0.05, 0) is 24.3 Å². The first-order chi connectivity index (χ1) is 13.2. The van der Waals surface area contributed by atoms with Crippen LogP contribution < -0.4 is 9.30 Å². The average molecular weight is 358 g/mol. The molecular weight excluding hydrogens is 341 g/mol. The maximum Gasteiger partial charge on any atom is 0.409 e. The standard InChI is InChI=1S/C23H17FNO2/c24-19-11-5-7-13-22(19)27-23(26)21-15-14-18-10-4-6-12-20(18)25(21)16-17-8-2-1-3-9-17/h1-15H,16H2/q+1. The Morgan fingerprint density at radius 2 is 1.52 bits per heavy atom. The van der Waals surface area contributed by atoms with Crippen LogP contribution in [-0.2, 0) is 6.54 Å². The van der Waals surface area contributed by atoms with Crippen molar-refractivity contribution in [3.05, 3.63) is 108 Å².